The molecule has 6 nitrogen and oxygen atoms in total. The third-order valence-corrected chi connectivity index (χ3v) is 7.28. The summed E-state index contributed by atoms with van der Waals surface area (Å²) in [5.74, 6) is -2.65. The molecule has 0 saturated carbocycles. The first kappa shape index (κ1) is 31.4. The highest BCUT2D eigenvalue weighted by Crippen LogP contribution is 2.34. The van der Waals surface area contributed by atoms with Gasteiger partial charge in [-0.15, -0.1) is 0 Å². The molecule has 3 aromatic carbocycles. The summed E-state index contributed by atoms with van der Waals surface area (Å²) in [6, 6.07) is 20.7. The number of aryl methyl sites for hydroxylation is 3. The topological polar surface area (TPSA) is 74.0 Å². The number of hydrogen-bond acceptors (Lipinski definition) is 4. The molecule has 41 heavy (non-hydrogen) atoms. The lowest BCUT2D eigenvalue weighted by molar-refractivity contribution is -0.191. The van der Waals surface area contributed by atoms with Gasteiger partial charge in [-0.25, -0.2) is 18.3 Å². The second-order valence-corrected chi connectivity index (χ2v) is 11.2. The molecule has 0 radical (unpaired) electrons. The van der Waals surface area contributed by atoms with Crippen molar-refractivity contribution in [1.29, 1.82) is 0 Å². The monoisotopic (exact) mass is 561 g/mol. The lowest BCUT2D eigenvalue weighted by Crippen LogP contribution is -2.25. The van der Waals surface area contributed by atoms with Gasteiger partial charge in [0.15, 0.2) is 0 Å². The molecule has 0 aliphatic rings. The van der Waals surface area contributed by atoms with E-state index in [1.807, 2.05) is 45.0 Å². The fourth-order valence-corrected chi connectivity index (χ4v) is 4.62. The second-order valence-electron chi connectivity index (χ2n) is 11.2. The molecule has 1 heterocycles. The van der Waals surface area contributed by atoms with Crippen LogP contribution in [0.3, 0.4) is 0 Å². The quantitative estimate of drug-likeness (QED) is 0.236. The number of benzene rings is 3. The summed E-state index contributed by atoms with van der Waals surface area (Å²) in [5, 5.41) is 4.45. The summed E-state index contributed by atoms with van der Waals surface area (Å²) in [4.78, 5) is 29.2. The molecule has 0 amide bonds. The van der Waals surface area contributed by atoms with E-state index in [9.17, 15) is 4.79 Å². The summed E-state index contributed by atoms with van der Waals surface area (Å²) in [7, 11) is 0. The van der Waals surface area contributed by atoms with E-state index in [1.165, 1.54) is 38.1 Å². The first-order valence-electron chi connectivity index (χ1n) is 13.6. The Bertz CT molecular complexity index is 1560. The van der Waals surface area contributed by atoms with Crippen LogP contribution in [0.15, 0.2) is 71.5 Å². The lowest BCUT2D eigenvalue weighted by atomic mass is 9.87. The number of hydrogen-bond donors (Lipinski definition) is 0. The maximum Gasteiger partial charge on any atom is 0.373 e. The summed E-state index contributed by atoms with van der Waals surface area (Å²) in [5.41, 5.74) is 6.16. The fraction of sp³-hybridized carbons (Fsp3) is 0.364. The standard InChI is InChI=1S/C32H37F2N3O.CO2/c1-7-36-29(35-37(30(36)38)21-24-9-14-27(15-10-24)31(4,5)6)18-19-32(33,34)28-16-12-25(13-17-28)26-11-8-22(2)23(3)20-26;2-1-3/h8-17,20H,7,18-19,21H2,1-6H3;. The molecule has 0 N–H and O–H groups in total. The maximum atomic E-state index is 15.2. The van der Waals surface area contributed by atoms with Crippen LogP contribution < -0.4 is 5.69 Å². The number of aromatic nitrogens is 3. The van der Waals surface area contributed by atoms with Gasteiger partial charge in [0.2, 0.25) is 0 Å². The minimum absolute atomic E-state index is 0.00491. The number of carbonyl (C=O) groups excluding carboxylic acids is 2. The van der Waals surface area contributed by atoms with Crippen LogP contribution in [0.1, 0.15) is 67.8 Å². The van der Waals surface area contributed by atoms with Crippen molar-refractivity contribution in [1.82, 2.24) is 14.3 Å². The van der Waals surface area contributed by atoms with Gasteiger partial charge in [0.1, 0.15) is 5.82 Å². The molecule has 1 aromatic heterocycles. The van der Waals surface area contributed by atoms with Crippen molar-refractivity contribution in [3.63, 3.8) is 0 Å². The van der Waals surface area contributed by atoms with E-state index in [0.29, 0.717) is 18.9 Å². The molecule has 0 spiro atoms. The Morgan fingerprint density at radius 1 is 0.829 bits per heavy atom. The predicted octanol–water partition coefficient (Wildman–Crippen LogP) is 6.84. The smallest absolute Gasteiger partial charge is 0.279 e. The first-order chi connectivity index (χ1) is 19.3. The van der Waals surface area contributed by atoms with Gasteiger partial charge in [0, 0.05) is 24.9 Å². The summed E-state index contributed by atoms with van der Waals surface area (Å²) < 4.78 is 33.3. The zero-order valence-electron chi connectivity index (χ0n) is 24.5. The highest BCUT2D eigenvalue weighted by Gasteiger charge is 2.32. The van der Waals surface area contributed by atoms with Crippen LogP contribution in [0.4, 0.5) is 8.78 Å². The van der Waals surface area contributed by atoms with E-state index in [1.54, 1.807) is 12.1 Å². The van der Waals surface area contributed by atoms with E-state index >= 15 is 8.78 Å². The van der Waals surface area contributed by atoms with E-state index < -0.39 is 12.3 Å². The van der Waals surface area contributed by atoms with Crippen molar-refractivity contribution < 1.29 is 18.4 Å². The zero-order chi connectivity index (χ0) is 30.4. The second kappa shape index (κ2) is 13.0. The molecule has 4 aromatic rings. The van der Waals surface area contributed by atoms with E-state index in [-0.39, 0.29) is 29.2 Å². The molecule has 0 atom stereocenters. The molecular weight excluding hydrogens is 524 g/mol. The number of nitrogens with zero attached hydrogens (tertiary/aromatic N) is 3. The van der Waals surface area contributed by atoms with Crippen LogP contribution in [0.5, 0.6) is 0 Å². The molecule has 216 valence electrons. The Morgan fingerprint density at radius 2 is 1.39 bits per heavy atom. The van der Waals surface area contributed by atoms with Gasteiger partial charge in [-0.3, -0.25) is 4.57 Å². The Hall–Kier alpha value is -4.16. The fourth-order valence-electron chi connectivity index (χ4n) is 4.62. The largest absolute Gasteiger partial charge is 0.373 e. The molecule has 0 saturated heterocycles. The van der Waals surface area contributed by atoms with Gasteiger partial charge < -0.3 is 0 Å². The molecule has 0 aliphatic carbocycles. The van der Waals surface area contributed by atoms with Gasteiger partial charge in [0.25, 0.3) is 5.92 Å². The average molecular weight is 562 g/mol. The van der Waals surface area contributed by atoms with Crippen molar-refractivity contribution in [2.24, 2.45) is 0 Å². The summed E-state index contributed by atoms with van der Waals surface area (Å²) >= 11 is 0. The van der Waals surface area contributed by atoms with Crippen LogP contribution in [-0.2, 0) is 40.4 Å². The Morgan fingerprint density at radius 3 is 1.93 bits per heavy atom. The first-order valence-corrected chi connectivity index (χ1v) is 13.6. The predicted molar refractivity (Wildman–Crippen MR) is 155 cm³/mol. The normalized spacial score (nSPS) is 11.5. The summed E-state index contributed by atoms with van der Waals surface area (Å²) in [6.45, 7) is 13.1. The van der Waals surface area contributed by atoms with E-state index in [4.69, 9.17) is 9.59 Å². The van der Waals surface area contributed by atoms with Crippen molar-refractivity contribution in [2.45, 2.75) is 78.8 Å². The minimum atomic E-state index is -3.04. The van der Waals surface area contributed by atoms with Gasteiger partial charge in [-0.05, 0) is 59.6 Å². The van der Waals surface area contributed by atoms with Crippen molar-refractivity contribution in [3.05, 3.63) is 111 Å². The number of halogens is 2. The van der Waals surface area contributed by atoms with Gasteiger partial charge in [0.05, 0.1) is 6.54 Å². The average Bonchev–Trinajstić information content (AvgIpc) is 3.23. The number of rotatable bonds is 8. The Kier molecular flexibility index (Phi) is 9.95. The molecule has 0 bridgehead atoms. The lowest BCUT2D eigenvalue weighted by Gasteiger charge is -2.19. The molecule has 0 fully saturated rings. The Labute approximate surface area is 239 Å². The van der Waals surface area contributed by atoms with E-state index in [0.717, 1.165) is 16.7 Å². The van der Waals surface area contributed by atoms with E-state index in [2.05, 4.69) is 44.1 Å². The molecule has 0 unspecified atom stereocenters. The van der Waals surface area contributed by atoms with Crippen LogP contribution >= 0.6 is 0 Å². The highest BCUT2D eigenvalue weighted by molar-refractivity contribution is 5.65. The van der Waals surface area contributed by atoms with Crippen molar-refractivity contribution in [2.75, 3.05) is 0 Å². The van der Waals surface area contributed by atoms with Gasteiger partial charge in [-0.2, -0.15) is 14.7 Å². The van der Waals surface area contributed by atoms with Crippen LogP contribution in [-0.4, -0.2) is 20.5 Å². The van der Waals surface area contributed by atoms with Crippen LogP contribution in [0.2, 0.25) is 0 Å². The van der Waals surface area contributed by atoms with Gasteiger partial charge in [-0.1, -0.05) is 87.5 Å². The zero-order valence-corrected chi connectivity index (χ0v) is 24.5. The third kappa shape index (κ3) is 7.74. The highest BCUT2D eigenvalue weighted by atomic mass is 19.3. The molecule has 0 aliphatic heterocycles. The van der Waals surface area contributed by atoms with Crippen LogP contribution in [0.25, 0.3) is 11.1 Å². The van der Waals surface area contributed by atoms with Crippen LogP contribution in [0, 0.1) is 13.8 Å². The maximum absolute atomic E-state index is 15.2. The molecular formula is C33H37F2N3O3. The SMILES string of the molecule is CCn1c(CCC(F)(F)c2ccc(-c3ccc(C)c(C)c3)cc2)nn(Cc2ccc(C(C)(C)C)cc2)c1=O.O=C=O. The Balaban J connectivity index is 0.00000147. The van der Waals surface area contributed by atoms with Crippen molar-refractivity contribution >= 4 is 6.15 Å². The molecule has 8 heteroatoms. The molecule has 4 rings (SSSR count). The van der Waals surface area contributed by atoms with Gasteiger partial charge >= 0.3 is 11.8 Å². The number of alkyl halides is 2. The summed E-state index contributed by atoms with van der Waals surface area (Å²) in [6.07, 6.45) is -0.169. The minimum Gasteiger partial charge on any atom is -0.279 e. The third-order valence-electron chi connectivity index (χ3n) is 7.28. The van der Waals surface area contributed by atoms with Crippen molar-refractivity contribution in [3.8, 4) is 11.1 Å².